The zero-order valence-corrected chi connectivity index (χ0v) is 13.5. The molecule has 124 valence electrons. The van der Waals surface area contributed by atoms with Gasteiger partial charge in [0.15, 0.2) is 0 Å². The number of piperazine rings is 1. The van der Waals surface area contributed by atoms with E-state index in [0.717, 1.165) is 6.54 Å². The molecule has 1 N–H and O–H groups in total. The minimum absolute atomic E-state index is 0.00172. The Balaban J connectivity index is 1.60. The van der Waals surface area contributed by atoms with Gasteiger partial charge in [0.2, 0.25) is 16.8 Å². The van der Waals surface area contributed by atoms with Crippen LogP contribution in [0.3, 0.4) is 0 Å². The minimum atomic E-state index is -2.72. The van der Waals surface area contributed by atoms with Gasteiger partial charge < -0.3 is 9.80 Å². The van der Waals surface area contributed by atoms with Crippen LogP contribution in [0.5, 0.6) is 0 Å². The largest absolute Gasteiger partial charge is 0.339 e. The van der Waals surface area contributed by atoms with Gasteiger partial charge in [-0.1, -0.05) is 0 Å². The Morgan fingerprint density at radius 2 is 1.87 bits per heavy atom. The Bertz CT molecular complexity index is 674. The van der Waals surface area contributed by atoms with Crippen LogP contribution in [0.15, 0.2) is 24.3 Å². The molecule has 1 aliphatic carbocycles. The second-order valence-electron chi connectivity index (χ2n) is 5.96. The highest BCUT2D eigenvalue weighted by atomic mass is 32.2. The maximum atomic E-state index is 12.4. The van der Waals surface area contributed by atoms with Gasteiger partial charge in [-0.25, -0.2) is 8.42 Å². The molecule has 1 aromatic carbocycles. The van der Waals surface area contributed by atoms with Crippen molar-refractivity contribution in [1.82, 2.24) is 9.80 Å². The van der Waals surface area contributed by atoms with Crippen LogP contribution < -0.4 is 4.72 Å². The zero-order valence-electron chi connectivity index (χ0n) is 12.6. The summed E-state index contributed by atoms with van der Waals surface area (Å²) in [6.07, 6.45) is 2.39. The van der Waals surface area contributed by atoms with Crippen LogP contribution in [-0.4, -0.2) is 56.2 Å². The van der Waals surface area contributed by atoms with Crippen molar-refractivity contribution >= 4 is 28.4 Å². The number of hydrogen-bond acceptors (Lipinski definition) is 4. The lowest BCUT2D eigenvalue weighted by Crippen LogP contribution is -2.52. The van der Waals surface area contributed by atoms with E-state index in [-0.39, 0.29) is 18.4 Å². The number of nitrogens with one attached hydrogen (secondary N) is 1. The molecule has 3 rings (SSSR count). The third-order valence-corrected chi connectivity index (χ3v) is 4.57. The summed E-state index contributed by atoms with van der Waals surface area (Å²) in [5.74, 6) is 0.439. The first kappa shape index (κ1) is 15.8. The van der Waals surface area contributed by atoms with Crippen molar-refractivity contribution in [2.24, 2.45) is 5.92 Å². The fourth-order valence-electron chi connectivity index (χ4n) is 2.66. The lowest BCUT2D eigenvalue weighted by molar-refractivity contribution is -0.135. The summed E-state index contributed by atoms with van der Waals surface area (Å²) in [7, 11) is -2.72. The van der Waals surface area contributed by atoms with Crippen LogP contribution in [-0.2, 0) is 15.7 Å². The molecule has 2 fully saturated rings. The van der Waals surface area contributed by atoms with Gasteiger partial charge in [0.25, 0.3) is 5.91 Å². The Morgan fingerprint density at radius 1 is 1.17 bits per heavy atom. The molecule has 0 aromatic heterocycles. The fourth-order valence-corrected chi connectivity index (χ4v) is 3.02. The van der Waals surface area contributed by atoms with Gasteiger partial charge in [-0.15, -0.1) is 0 Å². The molecule has 2 aliphatic rings. The van der Waals surface area contributed by atoms with E-state index in [1.165, 1.54) is 25.0 Å². The van der Waals surface area contributed by atoms with Gasteiger partial charge in [-0.05, 0) is 43.0 Å². The molecule has 7 nitrogen and oxygen atoms in total. The molecule has 2 amide bonds. The van der Waals surface area contributed by atoms with Crippen molar-refractivity contribution in [3.8, 4) is 0 Å². The molecule has 0 atom stereocenters. The summed E-state index contributed by atoms with van der Waals surface area (Å²) < 4.78 is 23.4. The first-order valence-electron chi connectivity index (χ1n) is 7.61. The van der Waals surface area contributed by atoms with Gasteiger partial charge in [0.05, 0.1) is 0 Å². The van der Waals surface area contributed by atoms with Crippen molar-refractivity contribution in [2.45, 2.75) is 12.8 Å². The lowest BCUT2D eigenvalue weighted by Gasteiger charge is -2.34. The Kier molecular flexibility index (Phi) is 4.51. The van der Waals surface area contributed by atoms with E-state index >= 15 is 0 Å². The maximum Gasteiger partial charge on any atom is 0.254 e. The number of thiol groups is 1. The van der Waals surface area contributed by atoms with Crippen LogP contribution in [0.25, 0.3) is 0 Å². The van der Waals surface area contributed by atoms with Crippen LogP contribution in [0.2, 0.25) is 0 Å². The highest BCUT2D eigenvalue weighted by Gasteiger charge is 2.31. The topological polar surface area (TPSA) is 86.8 Å². The number of amides is 2. The van der Waals surface area contributed by atoms with Gasteiger partial charge in [0.1, 0.15) is 6.54 Å². The van der Waals surface area contributed by atoms with Crippen LogP contribution >= 0.6 is 0 Å². The second-order valence-corrected chi connectivity index (χ2v) is 6.69. The van der Waals surface area contributed by atoms with Crippen molar-refractivity contribution < 1.29 is 18.0 Å². The molecule has 0 spiro atoms. The summed E-state index contributed by atoms with van der Waals surface area (Å²) in [6, 6.07) is 6.18. The van der Waals surface area contributed by atoms with Crippen molar-refractivity contribution in [3.05, 3.63) is 29.8 Å². The Hall–Kier alpha value is -2.09. The highest BCUT2D eigenvalue weighted by molar-refractivity contribution is 7.73. The molecule has 8 heteroatoms. The molecule has 23 heavy (non-hydrogen) atoms. The number of anilines is 1. The first-order chi connectivity index (χ1) is 11.0. The van der Waals surface area contributed by atoms with Gasteiger partial charge >= 0.3 is 0 Å². The summed E-state index contributed by atoms with van der Waals surface area (Å²) >= 11 is 0. The van der Waals surface area contributed by atoms with Gasteiger partial charge in [0, 0.05) is 30.9 Å². The summed E-state index contributed by atoms with van der Waals surface area (Å²) in [5, 5.41) is 0. The number of hydrogen-bond donors (Lipinski definition) is 2. The van der Waals surface area contributed by atoms with E-state index in [9.17, 15) is 18.0 Å². The van der Waals surface area contributed by atoms with E-state index in [1.54, 1.807) is 17.0 Å². The Morgan fingerprint density at radius 3 is 2.43 bits per heavy atom. The molecule has 0 unspecified atom stereocenters. The van der Waals surface area contributed by atoms with Gasteiger partial charge in [-0.3, -0.25) is 14.3 Å². The van der Waals surface area contributed by atoms with Crippen molar-refractivity contribution in [2.75, 3.05) is 30.9 Å². The van der Waals surface area contributed by atoms with Crippen LogP contribution in [0.1, 0.15) is 23.2 Å². The quantitative estimate of drug-likeness (QED) is 0.758. The third-order valence-electron chi connectivity index (χ3n) is 4.13. The number of carbonyl (C=O) groups excluding carboxylic acids is 2. The lowest BCUT2D eigenvalue weighted by atomic mass is 10.1. The predicted molar refractivity (Wildman–Crippen MR) is 85.6 cm³/mol. The number of rotatable bonds is 5. The molecule has 1 saturated heterocycles. The molecule has 1 heterocycles. The second kappa shape index (κ2) is 6.57. The first-order valence-corrected chi connectivity index (χ1v) is 8.79. The summed E-state index contributed by atoms with van der Waals surface area (Å²) in [4.78, 5) is 28.0. The van der Waals surface area contributed by atoms with Gasteiger partial charge in [-0.2, -0.15) is 0 Å². The molecule has 1 aromatic rings. The third kappa shape index (κ3) is 4.01. The van der Waals surface area contributed by atoms with Crippen molar-refractivity contribution in [1.29, 1.82) is 0 Å². The summed E-state index contributed by atoms with van der Waals surface area (Å²) in [5.41, 5.74) is 0.850. The molecule has 0 radical (unpaired) electrons. The van der Waals surface area contributed by atoms with Crippen LogP contribution in [0.4, 0.5) is 5.69 Å². The molecule has 0 bridgehead atoms. The highest BCUT2D eigenvalue weighted by Crippen LogP contribution is 2.30. The fraction of sp³-hybridized carbons (Fsp3) is 0.467. The average Bonchev–Trinajstić information content (AvgIpc) is 3.33. The summed E-state index contributed by atoms with van der Waals surface area (Å²) in [6.45, 7) is 2.04. The average molecular weight is 337 g/mol. The smallest absolute Gasteiger partial charge is 0.254 e. The van der Waals surface area contributed by atoms with E-state index in [2.05, 4.69) is 4.72 Å². The zero-order chi connectivity index (χ0) is 16.4. The molecule has 1 aliphatic heterocycles. The SMILES string of the molecule is O=C1CN(C(=O)c2ccc(N[SH](=O)=O)cc2)CCN1CC1CC1. The van der Waals surface area contributed by atoms with E-state index in [1.807, 2.05) is 4.90 Å². The van der Waals surface area contributed by atoms with E-state index < -0.39 is 10.9 Å². The molecular formula is C15H19N3O4S. The molecular weight excluding hydrogens is 318 g/mol. The van der Waals surface area contributed by atoms with Crippen LogP contribution in [0, 0.1) is 5.92 Å². The van der Waals surface area contributed by atoms with E-state index in [4.69, 9.17) is 0 Å². The number of benzene rings is 1. The Labute approximate surface area is 136 Å². The molecule has 1 saturated carbocycles. The predicted octanol–water partition coefficient (Wildman–Crippen LogP) is 0.319. The number of carbonyl (C=O) groups is 2. The monoisotopic (exact) mass is 337 g/mol. The maximum absolute atomic E-state index is 12.4. The standard InChI is InChI=1S/C15H19N3O4S/c19-14-10-18(8-7-17(14)9-11-1-2-11)15(20)12-3-5-13(6-4-12)16-23(21)22/h3-6,11,23H,1-2,7-10H2,(H,16,21,22). The van der Waals surface area contributed by atoms with E-state index in [0.29, 0.717) is 30.3 Å². The normalized spacial score (nSPS) is 18.4. The minimum Gasteiger partial charge on any atom is -0.339 e. The number of nitrogens with zero attached hydrogens (tertiary/aromatic N) is 2. The van der Waals surface area contributed by atoms with Crippen molar-refractivity contribution in [3.63, 3.8) is 0 Å².